The van der Waals surface area contributed by atoms with E-state index in [4.69, 9.17) is 5.11 Å². The molecule has 0 spiro atoms. The predicted molar refractivity (Wildman–Crippen MR) is 106 cm³/mol. The summed E-state index contributed by atoms with van der Waals surface area (Å²) in [6.07, 6.45) is 4.31. The molecule has 0 aliphatic carbocycles. The third-order valence-corrected chi connectivity index (χ3v) is 5.46. The van der Waals surface area contributed by atoms with Crippen LogP contribution in [-0.4, -0.2) is 73.9 Å². The first-order valence-electron chi connectivity index (χ1n) is 9.95. The van der Waals surface area contributed by atoms with Gasteiger partial charge in [0.05, 0.1) is 13.2 Å². The molecule has 2 aromatic rings. The van der Waals surface area contributed by atoms with Crippen molar-refractivity contribution in [1.82, 2.24) is 29.5 Å². The van der Waals surface area contributed by atoms with Gasteiger partial charge in [-0.05, 0) is 38.4 Å². The van der Waals surface area contributed by atoms with E-state index in [0.29, 0.717) is 19.0 Å². The normalized spacial score (nSPS) is 15.4. The summed E-state index contributed by atoms with van der Waals surface area (Å²) in [4.78, 5) is 21.0. The van der Waals surface area contributed by atoms with Crippen molar-refractivity contribution in [3.8, 4) is 0 Å². The minimum Gasteiger partial charge on any atom is -0.395 e. The Morgan fingerprint density at radius 2 is 2.07 bits per heavy atom. The van der Waals surface area contributed by atoms with Crippen LogP contribution in [0.5, 0.6) is 0 Å². The number of aromatic nitrogens is 4. The van der Waals surface area contributed by atoms with Crippen LogP contribution in [-0.2, 0) is 20.0 Å². The number of carbonyl (C=O) groups is 1. The topological polar surface area (TPSA) is 87.4 Å². The lowest BCUT2D eigenvalue weighted by Gasteiger charge is -2.31. The zero-order valence-corrected chi connectivity index (χ0v) is 17.0. The first-order valence-corrected chi connectivity index (χ1v) is 9.95. The summed E-state index contributed by atoms with van der Waals surface area (Å²) in [6, 6.07) is 3.69. The molecule has 3 heterocycles. The maximum Gasteiger partial charge on any atom is 0.253 e. The van der Waals surface area contributed by atoms with Crippen LogP contribution in [0, 0.1) is 0 Å². The molecule has 3 rings (SSSR count). The van der Waals surface area contributed by atoms with Gasteiger partial charge in [-0.2, -0.15) is 0 Å². The minimum atomic E-state index is 0.0832. The van der Waals surface area contributed by atoms with E-state index >= 15 is 0 Å². The van der Waals surface area contributed by atoms with Gasteiger partial charge in [0.2, 0.25) is 0 Å². The standard InChI is InChI=1S/C20H30N6O2/c1-4-17-13-16(5-8-21-17)20(28)26-9-6-15(7-10-26)19-23-22-18(25(19)3)14-24(2)11-12-27/h5,8,13,15,27H,4,6-7,9-12,14H2,1-3H3. The molecule has 0 bridgehead atoms. The van der Waals surface area contributed by atoms with Gasteiger partial charge in [0.15, 0.2) is 0 Å². The number of aliphatic hydroxyl groups is 1. The highest BCUT2D eigenvalue weighted by atomic mass is 16.3. The number of likely N-dealkylation sites (tertiary alicyclic amines) is 1. The Kier molecular flexibility index (Phi) is 6.74. The second-order valence-electron chi connectivity index (χ2n) is 7.45. The van der Waals surface area contributed by atoms with Crippen LogP contribution in [0.25, 0.3) is 0 Å². The maximum atomic E-state index is 12.8. The molecule has 28 heavy (non-hydrogen) atoms. The molecule has 1 aliphatic rings. The number of rotatable bonds is 7. The SMILES string of the molecule is CCc1cc(C(=O)N2CCC(c3nnc(CN(C)CCO)n3C)CC2)ccn1. The third kappa shape index (κ3) is 4.56. The smallest absolute Gasteiger partial charge is 0.253 e. The molecule has 0 aromatic carbocycles. The lowest BCUT2D eigenvalue weighted by Crippen LogP contribution is -2.38. The van der Waals surface area contributed by atoms with Gasteiger partial charge < -0.3 is 14.6 Å². The number of aryl methyl sites for hydroxylation is 1. The summed E-state index contributed by atoms with van der Waals surface area (Å²) in [6.45, 7) is 4.88. The number of nitrogens with zero attached hydrogens (tertiary/aromatic N) is 6. The van der Waals surface area contributed by atoms with Gasteiger partial charge in [0, 0.05) is 50.1 Å². The summed E-state index contributed by atoms with van der Waals surface area (Å²) in [5.74, 6) is 2.27. The summed E-state index contributed by atoms with van der Waals surface area (Å²) in [5, 5.41) is 17.8. The molecule has 0 atom stereocenters. The van der Waals surface area contributed by atoms with Crippen molar-refractivity contribution >= 4 is 5.91 Å². The van der Waals surface area contributed by atoms with Gasteiger partial charge in [-0.25, -0.2) is 0 Å². The number of hydrogen-bond donors (Lipinski definition) is 1. The van der Waals surface area contributed by atoms with Crippen LogP contribution in [0.4, 0.5) is 0 Å². The van der Waals surface area contributed by atoms with Gasteiger partial charge in [0.1, 0.15) is 11.6 Å². The molecular weight excluding hydrogens is 356 g/mol. The molecule has 1 fully saturated rings. The monoisotopic (exact) mass is 386 g/mol. The van der Waals surface area contributed by atoms with Crippen molar-refractivity contribution in [1.29, 1.82) is 0 Å². The lowest BCUT2D eigenvalue weighted by molar-refractivity contribution is 0.0710. The van der Waals surface area contributed by atoms with E-state index in [1.165, 1.54) is 0 Å². The molecule has 0 saturated carbocycles. The fourth-order valence-corrected chi connectivity index (χ4v) is 3.69. The number of piperidine rings is 1. The molecular formula is C20H30N6O2. The number of likely N-dealkylation sites (N-methyl/N-ethyl adjacent to an activating group) is 1. The maximum absolute atomic E-state index is 12.8. The van der Waals surface area contributed by atoms with Crippen LogP contribution in [0.15, 0.2) is 18.3 Å². The quantitative estimate of drug-likeness (QED) is 0.770. The third-order valence-electron chi connectivity index (χ3n) is 5.46. The predicted octanol–water partition coefficient (Wildman–Crippen LogP) is 1.22. The summed E-state index contributed by atoms with van der Waals surface area (Å²) < 4.78 is 2.06. The number of pyridine rings is 1. The number of carbonyl (C=O) groups excluding carboxylic acids is 1. The lowest BCUT2D eigenvalue weighted by atomic mass is 9.95. The van der Waals surface area contributed by atoms with Crippen LogP contribution in [0.1, 0.15) is 53.4 Å². The Morgan fingerprint density at radius 1 is 1.32 bits per heavy atom. The van der Waals surface area contributed by atoms with Crippen molar-refractivity contribution in [3.05, 3.63) is 41.2 Å². The zero-order valence-electron chi connectivity index (χ0n) is 17.0. The highest BCUT2D eigenvalue weighted by Crippen LogP contribution is 2.27. The first kappa shape index (κ1) is 20.4. The average Bonchev–Trinajstić information content (AvgIpc) is 3.08. The molecule has 1 amide bonds. The second-order valence-corrected chi connectivity index (χ2v) is 7.45. The van der Waals surface area contributed by atoms with Gasteiger partial charge in [-0.15, -0.1) is 10.2 Å². The molecule has 8 nitrogen and oxygen atoms in total. The number of aliphatic hydroxyl groups excluding tert-OH is 1. The number of amides is 1. The first-order chi connectivity index (χ1) is 13.5. The van der Waals surface area contributed by atoms with Crippen molar-refractivity contribution < 1.29 is 9.90 Å². The van der Waals surface area contributed by atoms with E-state index in [-0.39, 0.29) is 12.5 Å². The van der Waals surface area contributed by atoms with Gasteiger partial charge >= 0.3 is 0 Å². The van der Waals surface area contributed by atoms with E-state index in [2.05, 4.69) is 19.7 Å². The molecule has 152 valence electrons. The molecule has 1 saturated heterocycles. The highest BCUT2D eigenvalue weighted by molar-refractivity contribution is 5.94. The van der Waals surface area contributed by atoms with E-state index in [1.807, 2.05) is 36.9 Å². The summed E-state index contributed by atoms with van der Waals surface area (Å²) >= 11 is 0. The Hall–Kier alpha value is -2.32. The zero-order chi connectivity index (χ0) is 20.1. The van der Waals surface area contributed by atoms with Gasteiger partial charge in [-0.3, -0.25) is 14.7 Å². The largest absolute Gasteiger partial charge is 0.395 e. The van der Waals surface area contributed by atoms with Crippen molar-refractivity contribution in [2.75, 3.05) is 33.3 Å². The number of hydrogen-bond acceptors (Lipinski definition) is 6. The van der Waals surface area contributed by atoms with Crippen molar-refractivity contribution in [2.24, 2.45) is 7.05 Å². The van der Waals surface area contributed by atoms with E-state index < -0.39 is 0 Å². The van der Waals surface area contributed by atoms with E-state index in [1.54, 1.807) is 12.3 Å². The average molecular weight is 387 g/mol. The second kappa shape index (κ2) is 9.25. The fourth-order valence-electron chi connectivity index (χ4n) is 3.69. The molecule has 0 unspecified atom stereocenters. The summed E-state index contributed by atoms with van der Waals surface area (Å²) in [5.41, 5.74) is 1.66. The fraction of sp³-hybridized carbons (Fsp3) is 0.600. The van der Waals surface area contributed by atoms with Crippen LogP contribution in [0.2, 0.25) is 0 Å². The van der Waals surface area contributed by atoms with Gasteiger partial charge in [-0.1, -0.05) is 6.92 Å². The van der Waals surface area contributed by atoms with Gasteiger partial charge in [0.25, 0.3) is 5.91 Å². The molecule has 8 heteroatoms. The van der Waals surface area contributed by atoms with Crippen LogP contribution < -0.4 is 0 Å². The summed E-state index contributed by atoms with van der Waals surface area (Å²) in [7, 11) is 3.95. The Bertz CT molecular complexity index is 798. The Morgan fingerprint density at radius 3 is 2.75 bits per heavy atom. The van der Waals surface area contributed by atoms with Crippen molar-refractivity contribution in [2.45, 2.75) is 38.6 Å². The Labute approximate surface area is 166 Å². The molecule has 2 aromatic heterocycles. The molecule has 0 radical (unpaired) electrons. The highest BCUT2D eigenvalue weighted by Gasteiger charge is 2.28. The molecule has 1 aliphatic heterocycles. The Balaban J connectivity index is 1.61. The van der Waals surface area contributed by atoms with Crippen LogP contribution >= 0.6 is 0 Å². The van der Waals surface area contributed by atoms with Crippen LogP contribution in [0.3, 0.4) is 0 Å². The van der Waals surface area contributed by atoms with Crippen molar-refractivity contribution in [3.63, 3.8) is 0 Å². The van der Waals surface area contributed by atoms with E-state index in [0.717, 1.165) is 55.3 Å². The van der Waals surface area contributed by atoms with E-state index in [9.17, 15) is 4.79 Å². The molecule has 1 N–H and O–H groups in total. The minimum absolute atomic E-state index is 0.0832.